The van der Waals surface area contributed by atoms with Crippen molar-refractivity contribution < 1.29 is 14.3 Å². The highest BCUT2D eigenvalue weighted by Gasteiger charge is 2.34. The van der Waals surface area contributed by atoms with Gasteiger partial charge < -0.3 is 18.9 Å². The lowest BCUT2D eigenvalue weighted by molar-refractivity contribution is -0.117. The molecule has 0 N–H and O–H groups in total. The fourth-order valence-electron chi connectivity index (χ4n) is 4.84. The third-order valence-corrected chi connectivity index (χ3v) is 6.86. The Morgan fingerprint density at radius 3 is 2.33 bits per heavy atom. The molecule has 1 aromatic heterocycles. The van der Waals surface area contributed by atoms with Gasteiger partial charge in [-0.15, -0.1) is 0 Å². The van der Waals surface area contributed by atoms with E-state index in [1.807, 2.05) is 59.5 Å². The van der Waals surface area contributed by atoms with E-state index in [0.29, 0.717) is 26.1 Å². The lowest BCUT2D eigenvalue weighted by Gasteiger charge is -2.19. The second-order valence-corrected chi connectivity index (χ2v) is 10.3. The summed E-state index contributed by atoms with van der Waals surface area (Å²) < 4.78 is 13.6. The van der Waals surface area contributed by atoms with E-state index in [0.717, 1.165) is 34.0 Å². The van der Waals surface area contributed by atoms with Crippen LogP contribution in [-0.4, -0.2) is 35.7 Å². The molecule has 0 spiro atoms. The zero-order chi connectivity index (χ0) is 25.3. The predicted octanol–water partition coefficient (Wildman–Crippen LogP) is 5.94. The van der Waals surface area contributed by atoms with E-state index < -0.39 is 0 Å². The molecule has 1 amide bonds. The van der Waals surface area contributed by atoms with Crippen molar-refractivity contribution in [1.29, 1.82) is 0 Å². The Labute approximate surface area is 212 Å². The maximum Gasteiger partial charge on any atom is 0.227 e. The number of imidazole rings is 1. The first-order chi connectivity index (χ1) is 17.3. The number of benzene rings is 3. The molecule has 1 fully saturated rings. The smallest absolute Gasteiger partial charge is 0.227 e. The van der Waals surface area contributed by atoms with E-state index in [4.69, 9.17) is 14.5 Å². The summed E-state index contributed by atoms with van der Waals surface area (Å²) in [6, 6.07) is 24.1. The molecule has 0 saturated carbocycles. The summed E-state index contributed by atoms with van der Waals surface area (Å²) in [5, 5.41) is 0. The molecule has 0 aliphatic carbocycles. The summed E-state index contributed by atoms with van der Waals surface area (Å²) in [6.45, 7) is 8.40. The third kappa shape index (κ3) is 4.81. The highest BCUT2D eigenvalue weighted by atomic mass is 16.5. The first-order valence-electron chi connectivity index (χ1n) is 12.5. The van der Waals surface area contributed by atoms with Crippen LogP contribution < -0.4 is 14.4 Å². The number of amides is 1. The van der Waals surface area contributed by atoms with Crippen molar-refractivity contribution in [2.24, 2.45) is 0 Å². The highest BCUT2D eigenvalue weighted by Crippen LogP contribution is 2.34. The van der Waals surface area contributed by atoms with Crippen LogP contribution in [0.4, 0.5) is 5.69 Å². The number of aromatic nitrogens is 2. The average Bonchev–Trinajstić information content (AvgIpc) is 3.44. The van der Waals surface area contributed by atoms with Crippen LogP contribution in [0.5, 0.6) is 11.5 Å². The van der Waals surface area contributed by atoms with Gasteiger partial charge in [-0.1, -0.05) is 45.0 Å². The molecule has 1 saturated heterocycles. The van der Waals surface area contributed by atoms with E-state index in [9.17, 15) is 4.79 Å². The molecule has 3 aromatic carbocycles. The number of hydrogen-bond donors (Lipinski definition) is 0. The third-order valence-electron chi connectivity index (χ3n) is 6.86. The minimum atomic E-state index is 0.0121. The number of fused-ring (bicyclic) bond motifs is 1. The highest BCUT2D eigenvalue weighted by molar-refractivity contribution is 5.96. The topological polar surface area (TPSA) is 56.6 Å². The Hall–Kier alpha value is -3.80. The number of carbonyl (C=O) groups excluding carboxylic acids is 1. The SMILES string of the molecule is COc1ccc(N2CC(c3nc4ccccc4n3CCOc3ccc(C(C)(C)C)cc3)CC2=O)cc1. The normalized spacial score (nSPS) is 16.1. The van der Waals surface area contributed by atoms with Gasteiger partial charge in [0, 0.05) is 24.6 Å². The summed E-state index contributed by atoms with van der Waals surface area (Å²) in [7, 11) is 1.64. The van der Waals surface area contributed by atoms with Crippen LogP contribution in [0.25, 0.3) is 11.0 Å². The summed E-state index contributed by atoms with van der Waals surface area (Å²) in [4.78, 5) is 19.8. The maximum atomic E-state index is 13.0. The number of para-hydroxylation sites is 2. The van der Waals surface area contributed by atoms with Crippen molar-refractivity contribution in [3.05, 3.63) is 84.2 Å². The molecule has 6 heteroatoms. The number of nitrogens with zero attached hydrogens (tertiary/aromatic N) is 3. The van der Waals surface area contributed by atoms with Gasteiger partial charge in [0.2, 0.25) is 5.91 Å². The van der Waals surface area contributed by atoms with Crippen molar-refractivity contribution in [3.63, 3.8) is 0 Å². The van der Waals surface area contributed by atoms with Crippen LogP contribution >= 0.6 is 0 Å². The molecular formula is C30H33N3O3. The van der Waals surface area contributed by atoms with Gasteiger partial charge in [-0.05, 0) is 59.5 Å². The van der Waals surface area contributed by atoms with E-state index in [1.165, 1.54) is 5.56 Å². The Morgan fingerprint density at radius 1 is 0.944 bits per heavy atom. The lowest BCUT2D eigenvalue weighted by atomic mass is 9.87. The van der Waals surface area contributed by atoms with Gasteiger partial charge in [0.25, 0.3) is 0 Å². The molecule has 4 aromatic rings. The van der Waals surface area contributed by atoms with Gasteiger partial charge in [0.15, 0.2) is 0 Å². The van der Waals surface area contributed by atoms with Crippen LogP contribution in [0, 0.1) is 0 Å². The summed E-state index contributed by atoms with van der Waals surface area (Å²) >= 11 is 0. The molecule has 1 unspecified atom stereocenters. The Balaban J connectivity index is 1.34. The number of rotatable bonds is 7. The second-order valence-electron chi connectivity index (χ2n) is 10.3. The predicted molar refractivity (Wildman–Crippen MR) is 143 cm³/mol. The monoisotopic (exact) mass is 483 g/mol. The van der Waals surface area contributed by atoms with E-state index in [2.05, 4.69) is 43.5 Å². The van der Waals surface area contributed by atoms with E-state index >= 15 is 0 Å². The molecule has 1 atom stereocenters. The van der Waals surface area contributed by atoms with Gasteiger partial charge in [-0.2, -0.15) is 0 Å². The Bertz CT molecular complexity index is 1350. The second kappa shape index (κ2) is 9.69. The zero-order valence-electron chi connectivity index (χ0n) is 21.4. The first kappa shape index (κ1) is 23.9. The number of carbonyl (C=O) groups is 1. The van der Waals surface area contributed by atoms with Crippen molar-refractivity contribution in [2.75, 3.05) is 25.2 Å². The van der Waals surface area contributed by atoms with Gasteiger partial charge in [-0.25, -0.2) is 4.98 Å². The van der Waals surface area contributed by atoms with Crippen molar-refractivity contribution in [1.82, 2.24) is 9.55 Å². The molecule has 6 nitrogen and oxygen atoms in total. The van der Waals surface area contributed by atoms with Gasteiger partial charge >= 0.3 is 0 Å². The van der Waals surface area contributed by atoms with E-state index in [1.54, 1.807) is 7.11 Å². The van der Waals surface area contributed by atoms with Crippen LogP contribution in [0.2, 0.25) is 0 Å². The molecular weight excluding hydrogens is 450 g/mol. The lowest BCUT2D eigenvalue weighted by Crippen LogP contribution is -2.24. The minimum absolute atomic E-state index is 0.0121. The van der Waals surface area contributed by atoms with Crippen LogP contribution in [-0.2, 0) is 16.8 Å². The Kier molecular flexibility index (Phi) is 6.44. The minimum Gasteiger partial charge on any atom is -0.497 e. The molecule has 186 valence electrons. The first-order valence-corrected chi connectivity index (χ1v) is 12.5. The summed E-state index contributed by atoms with van der Waals surface area (Å²) in [5.41, 5.74) is 4.28. The summed E-state index contributed by atoms with van der Waals surface area (Å²) in [6.07, 6.45) is 0.435. The Morgan fingerprint density at radius 2 is 1.64 bits per heavy atom. The fraction of sp³-hybridized carbons (Fsp3) is 0.333. The largest absolute Gasteiger partial charge is 0.497 e. The van der Waals surface area contributed by atoms with E-state index in [-0.39, 0.29) is 17.2 Å². The van der Waals surface area contributed by atoms with Crippen molar-refractivity contribution in [2.45, 2.75) is 45.1 Å². The van der Waals surface area contributed by atoms with Crippen LogP contribution in [0.1, 0.15) is 44.5 Å². The zero-order valence-corrected chi connectivity index (χ0v) is 21.4. The molecule has 2 heterocycles. The number of hydrogen-bond acceptors (Lipinski definition) is 4. The van der Waals surface area contributed by atoms with Gasteiger partial charge in [-0.3, -0.25) is 4.79 Å². The number of methoxy groups -OCH3 is 1. The van der Waals surface area contributed by atoms with Crippen molar-refractivity contribution in [3.8, 4) is 11.5 Å². The van der Waals surface area contributed by atoms with Crippen molar-refractivity contribution >= 4 is 22.6 Å². The standard InChI is InChI=1S/C30H33N3O3/c1-30(2,3)22-9-13-25(14-10-22)36-18-17-32-27-8-6-5-7-26(27)31-29(32)21-19-28(34)33(20-21)23-11-15-24(35-4)16-12-23/h5-16,21H,17-20H2,1-4H3. The molecule has 36 heavy (non-hydrogen) atoms. The van der Waals surface area contributed by atoms with Crippen LogP contribution in [0.15, 0.2) is 72.8 Å². The average molecular weight is 484 g/mol. The van der Waals surface area contributed by atoms with Gasteiger partial charge in [0.05, 0.1) is 24.7 Å². The molecule has 1 aliphatic rings. The van der Waals surface area contributed by atoms with Crippen LogP contribution in [0.3, 0.4) is 0 Å². The maximum absolute atomic E-state index is 13.0. The fourth-order valence-corrected chi connectivity index (χ4v) is 4.84. The van der Waals surface area contributed by atoms with Gasteiger partial charge in [0.1, 0.15) is 23.9 Å². The quantitative estimate of drug-likeness (QED) is 0.326. The molecule has 0 bridgehead atoms. The molecule has 1 aliphatic heterocycles. The molecule has 0 radical (unpaired) electrons. The summed E-state index contributed by atoms with van der Waals surface area (Å²) in [5.74, 6) is 2.69. The number of anilines is 1. The number of ether oxygens (including phenoxy) is 2. The molecule has 5 rings (SSSR count).